The maximum atomic E-state index is 10.7. The van der Waals surface area contributed by atoms with Gasteiger partial charge in [-0.25, -0.2) is 10.1 Å². The molecular formula is C11H14N2O2. The quantitative estimate of drug-likeness (QED) is 0.549. The second kappa shape index (κ2) is 4.29. The van der Waals surface area contributed by atoms with Gasteiger partial charge in [-0.2, -0.15) is 0 Å². The first-order valence-corrected chi connectivity index (χ1v) is 5.21. The number of hydrazine groups is 1. The lowest BCUT2D eigenvalue weighted by molar-refractivity contribution is -0.658. The van der Waals surface area contributed by atoms with Gasteiger partial charge in [0.25, 0.3) is 0 Å². The van der Waals surface area contributed by atoms with Gasteiger partial charge in [0.2, 0.25) is 0 Å². The van der Waals surface area contributed by atoms with Crippen molar-refractivity contribution in [2.45, 2.75) is 18.8 Å². The van der Waals surface area contributed by atoms with Crippen LogP contribution in [0, 0.1) is 10.1 Å². The van der Waals surface area contributed by atoms with Crippen molar-refractivity contribution >= 4 is 0 Å². The molecule has 15 heavy (non-hydrogen) atoms. The summed E-state index contributed by atoms with van der Waals surface area (Å²) in [5, 5.41) is 11.7. The van der Waals surface area contributed by atoms with Crippen molar-refractivity contribution in [1.29, 1.82) is 0 Å². The summed E-state index contributed by atoms with van der Waals surface area (Å²) >= 11 is 0. The molecule has 4 heteroatoms. The van der Waals surface area contributed by atoms with E-state index in [9.17, 15) is 10.1 Å². The molecule has 1 aromatic carbocycles. The third kappa shape index (κ3) is 2.26. The van der Waals surface area contributed by atoms with Gasteiger partial charge in [-0.3, -0.25) is 0 Å². The predicted octanol–water partition coefficient (Wildman–Crippen LogP) is 2.06. The number of hydrogen-bond donors (Lipinski definition) is 0. The molecule has 0 spiro atoms. The molecule has 1 aromatic rings. The summed E-state index contributed by atoms with van der Waals surface area (Å²) < 4.78 is 0. The minimum atomic E-state index is -0.283. The fourth-order valence-electron chi connectivity index (χ4n) is 2.10. The zero-order chi connectivity index (χ0) is 10.7. The molecule has 1 aliphatic rings. The summed E-state index contributed by atoms with van der Waals surface area (Å²) in [5.74, 6) is 0.311. The van der Waals surface area contributed by atoms with Crippen LogP contribution in [-0.4, -0.2) is 23.1 Å². The van der Waals surface area contributed by atoms with E-state index >= 15 is 0 Å². The third-order valence-electron chi connectivity index (χ3n) is 2.90. The van der Waals surface area contributed by atoms with Crippen LogP contribution in [-0.2, 0) is 0 Å². The molecular weight excluding hydrogens is 192 g/mol. The maximum absolute atomic E-state index is 10.7. The van der Waals surface area contributed by atoms with Gasteiger partial charge in [0.1, 0.15) is 0 Å². The first-order valence-electron chi connectivity index (χ1n) is 5.21. The van der Waals surface area contributed by atoms with Gasteiger partial charge in [0, 0.05) is 5.92 Å². The smallest absolute Gasteiger partial charge is 0.160 e. The van der Waals surface area contributed by atoms with Crippen molar-refractivity contribution < 1.29 is 5.03 Å². The zero-order valence-corrected chi connectivity index (χ0v) is 8.50. The minimum Gasteiger partial charge on any atom is -0.235 e. The van der Waals surface area contributed by atoms with Gasteiger partial charge >= 0.3 is 0 Å². The Morgan fingerprint density at radius 2 is 2.07 bits per heavy atom. The monoisotopic (exact) mass is 206 g/mol. The summed E-state index contributed by atoms with van der Waals surface area (Å²) in [6.07, 6.45) is 1.95. The second-order valence-electron chi connectivity index (χ2n) is 3.90. The topological polar surface area (TPSA) is 46.4 Å². The SMILES string of the molecule is O=[N+]([O-])N1CCCC(c2ccccc2)C1. The van der Waals surface area contributed by atoms with Crippen LogP contribution in [0.5, 0.6) is 0 Å². The normalized spacial score (nSPS) is 21.3. The molecule has 1 fully saturated rings. The summed E-state index contributed by atoms with van der Waals surface area (Å²) in [7, 11) is 0. The highest BCUT2D eigenvalue weighted by molar-refractivity contribution is 5.20. The Morgan fingerprint density at radius 1 is 1.33 bits per heavy atom. The van der Waals surface area contributed by atoms with E-state index in [2.05, 4.69) is 0 Å². The highest BCUT2D eigenvalue weighted by Gasteiger charge is 2.26. The van der Waals surface area contributed by atoms with E-state index in [1.807, 2.05) is 30.3 Å². The van der Waals surface area contributed by atoms with E-state index in [1.54, 1.807) is 0 Å². The Bertz CT molecular complexity index is 340. The first kappa shape index (κ1) is 9.96. The summed E-state index contributed by atoms with van der Waals surface area (Å²) in [5.41, 5.74) is 1.21. The Hall–Kier alpha value is -1.58. The Morgan fingerprint density at radius 3 is 2.73 bits per heavy atom. The molecule has 2 rings (SSSR count). The lowest BCUT2D eigenvalue weighted by Crippen LogP contribution is -2.38. The molecule has 1 heterocycles. The van der Waals surface area contributed by atoms with E-state index in [0.29, 0.717) is 19.0 Å². The standard InChI is InChI=1S/C11H14N2O2/c14-13(15)12-8-4-7-11(9-12)10-5-2-1-3-6-10/h1-3,5-6,11H,4,7-9H2. The molecule has 1 aliphatic heterocycles. The van der Waals surface area contributed by atoms with E-state index in [0.717, 1.165) is 12.8 Å². The average Bonchev–Trinajstić information content (AvgIpc) is 2.30. The van der Waals surface area contributed by atoms with E-state index in [-0.39, 0.29) is 5.03 Å². The van der Waals surface area contributed by atoms with Gasteiger partial charge in [0.15, 0.2) is 5.03 Å². The van der Waals surface area contributed by atoms with Crippen LogP contribution in [0.1, 0.15) is 24.3 Å². The molecule has 0 saturated carbocycles. The van der Waals surface area contributed by atoms with Gasteiger partial charge < -0.3 is 0 Å². The van der Waals surface area contributed by atoms with Crippen LogP contribution in [0.4, 0.5) is 0 Å². The van der Waals surface area contributed by atoms with Crippen molar-refractivity contribution in [3.8, 4) is 0 Å². The molecule has 1 saturated heterocycles. The van der Waals surface area contributed by atoms with E-state index in [4.69, 9.17) is 0 Å². The molecule has 0 bridgehead atoms. The van der Waals surface area contributed by atoms with E-state index < -0.39 is 0 Å². The summed E-state index contributed by atoms with van der Waals surface area (Å²) in [6.45, 7) is 1.12. The molecule has 0 N–H and O–H groups in total. The Labute approximate surface area is 88.6 Å². The number of hydrogen-bond acceptors (Lipinski definition) is 2. The maximum Gasteiger partial charge on any atom is 0.160 e. The molecule has 1 atom stereocenters. The van der Waals surface area contributed by atoms with Crippen LogP contribution in [0.3, 0.4) is 0 Å². The van der Waals surface area contributed by atoms with Gasteiger partial charge in [-0.15, -0.1) is 5.01 Å². The van der Waals surface area contributed by atoms with Crippen LogP contribution in [0.25, 0.3) is 0 Å². The van der Waals surface area contributed by atoms with Crippen molar-refractivity contribution in [1.82, 2.24) is 5.01 Å². The van der Waals surface area contributed by atoms with Crippen molar-refractivity contribution in [2.24, 2.45) is 0 Å². The fraction of sp³-hybridized carbons (Fsp3) is 0.455. The molecule has 0 radical (unpaired) electrons. The van der Waals surface area contributed by atoms with Crippen molar-refractivity contribution in [3.05, 3.63) is 46.0 Å². The molecule has 4 nitrogen and oxygen atoms in total. The second-order valence-corrected chi connectivity index (χ2v) is 3.90. The zero-order valence-electron chi connectivity index (χ0n) is 8.50. The summed E-state index contributed by atoms with van der Waals surface area (Å²) in [4.78, 5) is 10.7. The number of piperidine rings is 1. The van der Waals surface area contributed by atoms with Gasteiger partial charge in [0.05, 0.1) is 13.1 Å². The van der Waals surface area contributed by atoms with Gasteiger partial charge in [-0.1, -0.05) is 30.3 Å². The largest absolute Gasteiger partial charge is 0.235 e. The molecule has 0 amide bonds. The van der Waals surface area contributed by atoms with Crippen LogP contribution in [0.2, 0.25) is 0 Å². The molecule has 80 valence electrons. The third-order valence-corrected chi connectivity index (χ3v) is 2.90. The highest BCUT2D eigenvalue weighted by Crippen LogP contribution is 2.26. The van der Waals surface area contributed by atoms with Crippen molar-refractivity contribution in [3.63, 3.8) is 0 Å². The molecule has 0 aliphatic carbocycles. The summed E-state index contributed by atoms with van der Waals surface area (Å²) in [6, 6.07) is 10.0. The van der Waals surface area contributed by atoms with Crippen LogP contribution < -0.4 is 0 Å². The Kier molecular flexibility index (Phi) is 2.85. The minimum absolute atomic E-state index is 0.283. The lowest BCUT2D eigenvalue weighted by atomic mass is 9.91. The number of benzene rings is 1. The molecule has 0 aromatic heterocycles. The average molecular weight is 206 g/mol. The van der Waals surface area contributed by atoms with Crippen LogP contribution in [0.15, 0.2) is 30.3 Å². The van der Waals surface area contributed by atoms with E-state index in [1.165, 1.54) is 10.6 Å². The highest BCUT2D eigenvalue weighted by atomic mass is 16.7. The van der Waals surface area contributed by atoms with Gasteiger partial charge in [-0.05, 0) is 18.4 Å². The number of rotatable bonds is 2. The fourth-order valence-corrected chi connectivity index (χ4v) is 2.10. The number of nitrogens with zero attached hydrogens (tertiary/aromatic N) is 2. The first-order chi connectivity index (χ1) is 7.27. The number of nitro groups is 1. The lowest BCUT2D eigenvalue weighted by Gasteiger charge is -2.26. The van der Waals surface area contributed by atoms with Crippen LogP contribution >= 0.6 is 0 Å². The predicted molar refractivity (Wildman–Crippen MR) is 57.0 cm³/mol. The molecule has 1 unspecified atom stereocenters. The Balaban J connectivity index is 2.08. The van der Waals surface area contributed by atoms with Crippen molar-refractivity contribution in [2.75, 3.05) is 13.1 Å².